The van der Waals surface area contributed by atoms with Crippen LogP contribution in [0.5, 0.6) is 0 Å². The molecule has 0 saturated heterocycles. The molecule has 2 N–H and O–H groups in total. The zero-order chi connectivity index (χ0) is 29.0. The second-order valence-corrected chi connectivity index (χ2v) is 8.68. The summed E-state index contributed by atoms with van der Waals surface area (Å²) in [5.74, 6) is -5.45. The summed E-state index contributed by atoms with van der Waals surface area (Å²) >= 11 is 0. The molecular formula is C28H26N2O10. The van der Waals surface area contributed by atoms with Crippen molar-refractivity contribution in [3.63, 3.8) is 0 Å². The number of nitrogens with zero attached hydrogens (tertiary/aromatic N) is 1. The van der Waals surface area contributed by atoms with E-state index in [1.807, 2.05) is 6.07 Å². The Morgan fingerprint density at radius 2 is 1.48 bits per heavy atom. The Labute approximate surface area is 228 Å². The number of nitrogens with two attached hydrogens (primary N) is 1. The number of esters is 5. The molecule has 0 amide bonds. The van der Waals surface area contributed by atoms with E-state index in [0.29, 0.717) is 0 Å². The van der Waals surface area contributed by atoms with Gasteiger partial charge in [0.1, 0.15) is 42.3 Å². The highest BCUT2D eigenvalue weighted by atomic mass is 16.6. The maximum Gasteiger partial charge on any atom is 0.339 e. The summed E-state index contributed by atoms with van der Waals surface area (Å²) in [6, 6.07) is 15.2. The second kappa shape index (κ2) is 11.3. The van der Waals surface area contributed by atoms with E-state index < -0.39 is 59.4 Å². The van der Waals surface area contributed by atoms with E-state index in [1.54, 1.807) is 42.5 Å². The number of para-hydroxylation sites is 1. The van der Waals surface area contributed by atoms with Crippen LogP contribution in [0.2, 0.25) is 0 Å². The van der Waals surface area contributed by atoms with Crippen molar-refractivity contribution in [2.45, 2.75) is 18.4 Å². The number of hydrogen-bond donors (Lipinski definition) is 1. The summed E-state index contributed by atoms with van der Waals surface area (Å²) in [6.45, 7) is -0.460. The van der Waals surface area contributed by atoms with Crippen LogP contribution in [0.4, 0.5) is 5.69 Å². The number of hydrogen-bond acceptors (Lipinski definition) is 12. The first-order valence-electron chi connectivity index (χ1n) is 12.0. The van der Waals surface area contributed by atoms with Gasteiger partial charge in [0.2, 0.25) is 0 Å². The monoisotopic (exact) mass is 550 g/mol. The fourth-order valence-electron chi connectivity index (χ4n) is 4.78. The van der Waals surface area contributed by atoms with E-state index in [0.717, 1.165) is 26.9 Å². The number of benzene rings is 2. The van der Waals surface area contributed by atoms with Crippen LogP contribution >= 0.6 is 0 Å². The summed E-state index contributed by atoms with van der Waals surface area (Å²) in [4.78, 5) is 66.6. The molecule has 0 radical (unpaired) electrons. The Morgan fingerprint density at radius 1 is 0.850 bits per heavy atom. The molecule has 12 heteroatoms. The number of methoxy groups -OCH3 is 3. The number of carbonyl (C=O) groups excluding carboxylic acids is 5. The van der Waals surface area contributed by atoms with Crippen molar-refractivity contribution in [3.05, 3.63) is 88.5 Å². The molecule has 4 rings (SSSR count). The number of cyclic esters (lactones) is 1. The summed E-state index contributed by atoms with van der Waals surface area (Å²) in [6.07, 6.45) is -0.611. The Hall–Kier alpha value is -5.13. The standard InChI is InChI=1S/C28H26N2O10/c1-36-20(31)13-19-22(25(33)37-2)28(27(35)40-19)17-11-7-8-12-18(17)30(24(29)23(28)26(34)38-3)14-21(32)39-15-16-9-5-4-6-10-16/h4-12H,13-15,29H2,1-3H3/t28-/m1/s1. The predicted molar refractivity (Wildman–Crippen MR) is 137 cm³/mol. The zero-order valence-corrected chi connectivity index (χ0v) is 21.9. The summed E-state index contributed by atoms with van der Waals surface area (Å²) < 4.78 is 25.4. The van der Waals surface area contributed by atoms with E-state index >= 15 is 0 Å². The quantitative estimate of drug-likeness (QED) is 0.372. The van der Waals surface area contributed by atoms with Crippen LogP contribution in [0, 0.1) is 0 Å². The first-order valence-corrected chi connectivity index (χ1v) is 12.0. The van der Waals surface area contributed by atoms with E-state index in [4.69, 9.17) is 24.7 Å². The molecule has 0 saturated carbocycles. The number of anilines is 1. The number of rotatable bonds is 8. The minimum Gasteiger partial charge on any atom is -0.469 e. The second-order valence-electron chi connectivity index (χ2n) is 8.68. The third-order valence-electron chi connectivity index (χ3n) is 6.54. The van der Waals surface area contributed by atoms with Crippen molar-refractivity contribution in [3.8, 4) is 0 Å². The van der Waals surface area contributed by atoms with E-state index in [1.165, 1.54) is 11.0 Å². The van der Waals surface area contributed by atoms with Gasteiger partial charge < -0.3 is 34.3 Å². The highest BCUT2D eigenvalue weighted by Crippen LogP contribution is 2.54. The average molecular weight is 551 g/mol. The van der Waals surface area contributed by atoms with Crippen molar-refractivity contribution in [1.29, 1.82) is 0 Å². The average Bonchev–Trinajstić information content (AvgIpc) is 3.25. The van der Waals surface area contributed by atoms with E-state index in [2.05, 4.69) is 4.74 Å². The third kappa shape index (κ3) is 4.64. The number of carbonyl (C=O) groups is 5. The van der Waals surface area contributed by atoms with Gasteiger partial charge in [-0.25, -0.2) is 14.4 Å². The minimum absolute atomic E-state index is 0.00891. The van der Waals surface area contributed by atoms with Gasteiger partial charge in [0.15, 0.2) is 5.41 Å². The summed E-state index contributed by atoms with van der Waals surface area (Å²) in [5, 5.41) is 0. The Morgan fingerprint density at radius 3 is 2.12 bits per heavy atom. The first kappa shape index (κ1) is 27.9. The molecular weight excluding hydrogens is 524 g/mol. The van der Waals surface area contributed by atoms with Crippen LogP contribution in [-0.4, -0.2) is 57.7 Å². The molecule has 12 nitrogen and oxygen atoms in total. The van der Waals surface area contributed by atoms with Gasteiger partial charge in [0.05, 0.1) is 21.3 Å². The van der Waals surface area contributed by atoms with Gasteiger partial charge in [-0.1, -0.05) is 48.5 Å². The van der Waals surface area contributed by atoms with Gasteiger partial charge in [-0.2, -0.15) is 0 Å². The highest BCUT2D eigenvalue weighted by Gasteiger charge is 2.64. The summed E-state index contributed by atoms with van der Waals surface area (Å²) in [7, 11) is 3.25. The molecule has 2 aromatic carbocycles. The first-order chi connectivity index (χ1) is 19.2. The van der Waals surface area contributed by atoms with Crippen LogP contribution < -0.4 is 10.6 Å². The maximum absolute atomic E-state index is 13.8. The predicted octanol–water partition coefficient (Wildman–Crippen LogP) is 1.38. The van der Waals surface area contributed by atoms with Crippen molar-refractivity contribution in [1.82, 2.24) is 0 Å². The molecule has 0 aromatic heterocycles. The minimum atomic E-state index is -2.27. The zero-order valence-electron chi connectivity index (χ0n) is 21.9. The number of ether oxygens (including phenoxy) is 5. The molecule has 2 aliphatic rings. The van der Waals surface area contributed by atoms with Gasteiger partial charge >= 0.3 is 29.8 Å². The molecule has 2 aromatic rings. The Kier molecular flexibility index (Phi) is 7.89. The number of fused-ring (bicyclic) bond motifs is 2. The Balaban J connectivity index is 1.89. The van der Waals surface area contributed by atoms with Crippen molar-refractivity contribution in [2.75, 3.05) is 32.8 Å². The smallest absolute Gasteiger partial charge is 0.339 e. The molecule has 0 bridgehead atoms. The highest BCUT2D eigenvalue weighted by molar-refractivity contribution is 6.16. The normalized spacial score (nSPS) is 17.8. The van der Waals surface area contributed by atoms with Crippen LogP contribution in [-0.2, 0) is 59.7 Å². The summed E-state index contributed by atoms with van der Waals surface area (Å²) in [5.41, 5.74) is 4.33. The lowest BCUT2D eigenvalue weighted by molar-refractivity contribution is -0.147. The molecule has 2 aliphatic heterocycles. The van der Waals surface area contributed by atoms with Crippen molar-refractivity contribution >= 4 is 35.5 Å². The maximum atomic E-state index is 13.8. The Bertz CT molecular complexity index is 1450. The lowest BCUT2D eigenvalue weighted by atomic mass is 9.66. The van der Waals surface area contributed by atoms with Crippen LogP contribution in [0.1, 0.15) is 17.5 Å². The van der Waals surface area contributed by atoms with Crippen LogP contribution in [0.3, 0.4) is 0 Å². The van der Waals surface area contributed by atoms with Crippen LogP contribution in [0.15, 0.2) is 77.3 Å². The molecule has 1 spiro atoms. The SMILES string of the molecule is COC(=O)CC1=C(C(=O)OC)[C@@]2(C(=O)O1)C(C(=O)OC)=C(N)N(CC(=O)OCc1ccccc1)c1ccccc12. The molecule has 0 unspecified atom stereocenters. The van der Waals surface area contributed by atoms with Gasteiger partial charge in [-0.05, 0) is 11.6 Å². The third-order valence-corrected chi connectivity index (χ3v) is 6.54. The van der Waals surface area contributed by atoms with Gasteiger partial charge in [-0.15, -0.1) is 0 Å². The molecule has 40 heavy (non-hydrogen) atoms. The topological polar surface area (TPSA) is 161 Å². The molecule has 2 heterocycles. The molecule has 0 aliphatic carbocycles. The largest absolute Gasteiger partial charge is 0.469 e. The fraction of sp³-hybridized carbons (Fsp3) is 0.250. The van der Waals surface area contributed by atoms with Crippen LogP contribution in [0.25, 0.3) is 0 Å². The van der Waals surface area contributed by atoms with Crippen molar-refractivity contribution in [2.24, 2.45) is 5.73 Å². The van der Waals surface area contributed by atoms with Crippen molar-refractivity contribution < 1.29 is 47.7 Å². The lowest BCUT2D eigenvalue weighted by Gasteiger charge is -2.40. The van der Waals surface area contributed by atoms with Gasteiger partial charge in [0, 0.05) is 11.3 Å². The molecule has 1 atom stereocenters. The van der Waals surface area contributed by atoms with E-state index in [-0.39, 0.29) is 29.4 Å². The van der Waals surface area contributed by atoms with Gasteiger partial charge in [0.25, 0.3) is 0 Å². The lowest BCUT2D eigenvalue weighted by Crippen LogP contribution is -2.51. The fourth-order valence-corrected chi connectivity index (χ4v) is 4.78. The van der Waals surface area contributed by atoms with E-state index in [9.17, 15) is 24.0 Å². The molecule has 208 valence electrons. The van der Waals surface area contributed by atoms with Gasteiger partial charge in [-0.3, -0.25) is 9.59 Å². The molecule has 0 fully saturated rings.